The van der Waals surface area contributed by atoms with Gasteiger partial charge in [-0.3, -0.25) is 0 Å². The van der Waals surface area contributed by atoms with Gasteiger partial charge in [0.2, 0.25) is 0 Å². The zero-order valence-electron chi connectivity index (χ0n) is 11.1. The second-order valence-corrected chi connectivity index (χ2v) is 6.16. The van der Waals surface area contributed by atoms with Crippen LogP contribution in [-0.4, -0.2) is 36.8 Å². The molecule has 16 heavy (non-hydrogen) atoms. The highest BCUT2D eigenvalue weighted by atomic mass is 32.2. The van der Waals surface area contributed by atoms with Crippen molar-refractivity contribution in [3.8, 4) is 0 Å². The van der Waals surface area contributed by atoms with Gasteiger partial charge in [-0.1, -0.05) is 19.3 Å². The molecular formula is C13H27NOS. The first-order chi connectivity index (χ1) is 7.72. The lowest BCUT2D eigenvalue weighted by atomic mass is 9.88. The number of hydrogen-bond donors (Lipinski definition) is 1. The minimum Gasteiger partial charge on any atom is -0.380 e. The summed E-state index contributed by atoms with van der Waals surface area (Å²) in [5.41, 5.74) is 0. The van der Waals surface area contributed by atoms with Crippen molar-refractivity contribution in [2.24, 2.45) is 0 Å². The van der Waals surface area contributed by atoms with Crippen LogP contribution in [0.5, 0.6) is 0 Å². The van der Waals surface area contributed by atoms with Crippen LogP contribution in [-0.2, 0) is 4.74 Å². The van der Waals surface area contributed by atoms with Crippen LogP contribution in [0.15, 0.2) is 0 Å². The minimum absolute atomic E-state index is 0.478. The molecule has 1 aliphatic carbocycles. The summed E-state index contributed by atoms with van der Waals surface area (Å²) in [5.74, 6) is 0. The Morgan fingerprint density at radius 2 is 2.00 bits per heavy atom. The molecule has 0 heterocycles. The molecule has 0 bridgehead atoms. The zero-order chi connectivity index (χ0) is 11.9. The van der Waals surface area contributed by atoms with E-state index in [4.69, 9.17) is 4.74 Å². The first-order valence-corrected chi connectivity index (χ1v) is 7.81. The lowest BCUT2D eigenvalue weighted by molar-refractivity contribution is 0.126. The Morgan fingerprint density at radius 3 is 2.56 bits per heavy atom. The number of nitrogens with one attached hydrogen (secondary N) is 1. The van der Waals surface area contributed by atoms with Gasteiger partial charge in [-0.25, -0.2) is 0 Å². The summed E-state index contributed by atoms with van der Waals surface area (Å²) in [6, 6.07) is 0.478. The maximum Gasteiger partial charge on any atom is 0.0616 e. The Bertz CT molecular complexity index is 181. The molecule has 0 radical (unpaired) electrons. The van der Waals surface area contributed by atoms with E-state index in [1.54, 1.807) is 0 Å². The van der Waals surface area contributed by atoms with E-state index in [2.05, 4.69) is 37.2 Å². The van der Waals surface area contributed by atoms with E-state index in [0.717, 1.165) is 19.8 Å². The third-order valence-electron chi connectivity index (χ3n) is 3.54. The average Bonchev–Trinajstić information content (AvgIpc) is 2.35. The summed E-state index contributed by atoms with van der Waals surface area (Å²) in [5, 5.41) is 3.63. The Labute approximate surface area is 105 Å². The third kappa shape index (κ3) is 4.64. The lowest BCUT2D eigenvalue weighted by Gasteiger charge is -2.37. The van der Waals surface area contributed by atoms with Crippen LogP contribution in [0.4, 0.5) is 0 Å². The van der Waals surface area contributed by atoms with Crippen LogP contribution in [0.1, 0.15) is 46.0 Å². The van der Waals surface area contributed by atoms with Crippen LogP contribution < -0.4 is 5.32 Å². The van der Waals surface area contributed by atoms with E-state index in [1.165, 1.54) is 32.1 Å². The molecule has 96 valence electrons. The monoisotopic (exact) mass is 245 g/mol. The first kappa shape index (κ1) is 14.3. The molecule has 0 amide bonds. The summed E-state index contributed by atoms with van der Waals surface area (Å²) in [6.07, 6.45) is 9.26. The molecule has 0 aromatic carbocycles. The predicted molar refractivity (Wildman–Crippen MR) is 73.3 cm³/mol. The van der Waals surface area contributed by atoms with Crippen LogP contribution in [0.25, 0.3) is 0 Å². The third-order valence-corrected chi connectivity index (χ3v) is 4.96. The van der Waals surface area contributed by atoms with Crippen molar-refractivity contribution in [1.82, 2.24) is 5.32 Å². The fourth-order valence-electron chi connectivity index (χ4n) is 2.36. The van der Waals surface area contributed by atoms with Crippen LogP contribution in [0.2, 0.25) is 0 Å². The van der Waals surface area contributed by atoms with Gasteiger partial charge in [-0.05, 0) is 32.9 Å². The SMILES string of the molecule is CCOCC(C)NCC1(SC)CCCCC1. The highest BCUT2D eigenvalue weighted by Gasteiger charge is 2.30. The normalized spacial score (nSPS) is 21.9. The molecule has 0 aliphatic heterocycles. The number of rotatable bonds is 7. The minimum atomic E-state index is 0.478. The van der Waals surface area contributed by atoms with E-state index < -0.39 is 0 Å². The molecule has 1 saturated carbocycles. The molecular weight excluding hydrogens is 218 g/mol. The highest BCUT2D eigenvalue weighted by molar-refractivity contribution is 8.00. The topological polar surface area (TPSA) is 21.3 Å². The van der Waals surface area contributed by atoms with Crippen molar-refractivity contribution in [3.63, 3.8) is 0 Å². The quantitative estimate of drug-likeness (QED) is 0.745. The predicted octanol–water partition coefficient (Wildman–Crippen LogP) is 3.07. The van der Waals surface area contributed by atoms with Crippen molar-refractivity contribution in [2.45, 2.75) is 56.7 Å². The van der Waals surface area contributed by atoms with Gasteiger partial charge in [0, 0.05) is 23.9 Å². The second kappa shape index (κ2) is 7.57. The maximum atomic E-state index is 5.43. The molecule has 0 aromatic heterocycles. The standard InChI is InChI=1S/C13H27NOS/c1-4-15-10-12(2)14-11-13(16-3)8-6-5-7-9-13/h12,14H,4-11H2,1-3H3. The molecule has 1 N–H and O–H groups in total. The molecule has 0 spiro atoms. The van der Waals surface area contributed by atoms with Crippen molar-refractivity contribution >= 4 is 11.8 Å². The largest absolute Gasteiger partial charge is 0.380 e. The second-order valence-electron chi connectivity index (χ2n) is 4.89. The highest BCUT2D eigenvalue weighted by Crippen LogP contribution is 2.37. The van der Waals surface area contributed by atoms with E-state index in [0.29, 0.717) is 10.8 Å². The zero-order valence-corrected chi connectivity index (χ0v) is 11.9. The summed E-state index contributed by atoms with van der Waals surface area (Å²) in [7, 11) is 0. The van der Waals surface area contributed by atoms with E-state index in [9.17, 15) is 0 Å². The Kier molecular flexibility index (Phi) is 6.78. The van der Waals surface area contributed by atoms with Gasteiger partial charge in [0.05, 0.1) is 6.61 Å². The fourth-order valence-corrected chi connectivity index (χ4v) is 3.29. The number of hydrogen-bond acceptors (Lipinski definition) is 3. The Hall–Kier alpha value is 0.270. The van der Waals surface area contributed by atoms with Crippen LogP contribution in [0.3, 0.4) is 0 Å². The maximum absolute atomic E-state index is 5.43. The molecule has 3 heteroatoms. The molecule has 1 atom stereocenters. The van der Waals surface area contributed by atoms with Gasteiger partial charge in [0.15, 0.2) is 0 Å². The van der Waals surface area contributed by atoms with Crippen molar-refractivity contribution in [3.05, 3.63) is 0 Å². The Morgan fingerprint density at radius 1 is 1.31 bits per heavy atom. The van der Waals surface area contributed by atoms with Gasteiger partial charge in [0.1, 0.15) is 0 Å². The first-order valence-electron chi connectivity index (χ1n) is 6.59. The van der Waals surface area contributed by atoms with Crippen LogP contribution >= 0.6 is 11.8 Å². The fraction of sp³-hybridized carbons (Fsp3) is 1.00. The van der Waals surface area contributed by atoms with Gasteiger partial charge < -0.3 is 10.1 Å². The molecule has 1 fully saturated rings. The van der Waals surface area contributed by atoms with E-state index in [1.807, 2.05) is 0 Å². The van der Waals surface area contributed by atoms with Gasteiger partial charge in [-0.2, -0.15) is 11.8 Å². The van der Waals surface area contributed by atoms with Crippen LogP contribution in [0, 0.1) is 0 Å². The van der Waals surface area contributed by atoms with Gasteiger partial charge >= 0.3 is 0 Å². The lowest BCUT2D eigenvalue weighted by Crippen LogP contribution is -2.44. The summed E-state index contributed by atoms with van der Waals surface area (Å²) in [6.45, 7) is 7.06. The number of ether oxygens (including phenoxy) is 1. The van der Waals surface area contributed by atoms with E-state index >= 15 is 0 Å². The van der Waals surface area contributed by atoms with E-state index in [-0.39, 0.29) is 0 Å². The van der Waals surface area contributed by atoms with Gasteiger partial charge in [0.25, 0.3) is 0 Å². The molecule has 0 saturated heterocycles. The summed E-state index contributed by atoms with van der Waals surface area (Å²) >= 11 is 2.06. The molecule has 0 aromatic rings. The summed E-state index contributed by atoms with van der Waals surface area (Å²) < 4.78 is 5.93. The van der Waals surface area contributed by atoms with Gasteiger partial charge in [-0.15, -0.1) is 0 Å². The van der Waals surface area contributed by atoms with Crippen molar-refractivity contribution in [2.75, 3.05) is 26.0 Å². The number of thioether (sulfide) groups is 1. The Balaban J connectivity index is 2.27. The molecule has 1 aliphatic rings. The smallest absolute Gasteiger partial charge is 0.0616 e. The van der Waals surface area contributed by atoms with Crippen molar-refractivity contribution in [1.29, 1.82) is 0 Å². The summed E-state index contributed by atoms with van der Waals surface area (Å²) in [4.78, 5) is 0. The van der Waals surface area contributed by atoms with Crippen molar-refractivity contribution < 1.29 is 4.74 Å². The molecule has 1 unspecified atom stereocenters. The molecule has 2 nitrogen and oxygen atoms in total. The average molecular weight is 245 g/mol. The molecule has 1 rings (SSSR count).